The average Bonchev–Trinajstić information content (AvgIpc) is 2.96. The van der Waals surface area contributed by atoms with E-state index >= 15 is 0 Å². The molecule has 1 aromatic heterocycles. The van der Waals surface area contributed by atoms with Gasteiger partial charge in [0.05, 0.1) is 20.3 Å². The standard InChI is InChI=1S/C18H32N6O2/c1-18(2,24-10-12-26-13-11-24)14-19-15-20-16(22-17(21-15)25-3)23-8-6-4-5-7-9-23/h4-14H2,1-3H3,(H,19,20,21,22). The summed E-state index contributed by atoms with van der Waals surface area (Å²) < 4.78 is 10.8. The van der Waals surface area contributed by atoms with E-state index in [-0.39, 0.29) is 5.54 Å². The van der Waals surface area contributed by atoms with Crippen molar-refractivity contribution < 1.29 is 9.47 Å². The molecule has 0 spiro atoms. The molecular formula is C18H32N6O2. The highest BCUT2D eigenvalue weighted by Crippen LogP contribution is 2.21. The fourth-order valence-electron chi connectivity index (χ4n) is 3.50. The molecule has 0 amide bonds. The number of anilines is 2. The number of nitrogens with zero attached hydrogens (tertiary/aromatic N) is 5. The second-order valence-electron chi connectivity index (χ2n) is 7.61. The molecule has 0 atom stereocenters. The summed E-state index contributed by atoms with van der Waals surface area (Å²) in [6.45, 7) is 10.7. The molecule has 3 heterocycles. The van der Waals surface area contributed by atoms with Gasteiger partial charge in [0, 0.05) is 38.3 Å². The first-order valence-corrected chi connectivity index (χ1v) is 9.70. The van der Waals surface area contributed by atoms with Crippen LogP contribution in [0.1, 0.15) is 39.5 Å². The second-order valence-corrected chi connectivity index (χ2v) is 7.61. The van der Waals surface area contributed by atoms with Gasteiger partial charge in [-0.15, -0.1) is 0 Å². The van der Waals surface area contributed by atoms with Crippen LogP contribution in [0.3, 0.4) is 0 Å². The van der Waals surface area contributed by atoms with Crippen LogP contribution in [0.2, 0.25) is 0 Å². The lowest BCUT2D eigenvalue weighted by Gasteiger charge is -2.40. The molecule has 1 aromatic rings. The second kappa shape index (κ2) is 8.81. The minimum absolute atomic E-state index is 0.00753. The maximum atomic E-state index is 5.46. The molecule has 0 unspecified atom stereocenters. The Hall–Kier alpha value is -1.67. The summed E-state index contributed by atoms with van der Waals surface area (Å²) >= 11 is 0. The van der Waals surface area contributed by atoms with Crippen LogP contribution in [0.4, 0.5) is 11.9 Å². The Labute approximate surface area is 156 Å². The maximum absolute atomic E-state index is 5.46. The molecular weight excluding hydrogens is 332 g/mol. The summed E-state index contributed by atoms with van der Waals surface area (Å²) in [6, 6.07) is 0.367. The van der Waals surface area contributed by atoms with Gasteiger partial charge in [0.25, 0.3) is 0 Å². The van der Waals surface area contributed by atoms with E-state index < -0.39 is 0 Å². The van der Waals surface area contributed by atoms with Gasteiger partial charge in [-0.05, 0) is 26.7 Å². The lowest BCUT2D eigenvalue weighted by molar-refractivity contribution is -0.00573. The highest BCUT2D eigenvalue weighted by molar-refractivity contribution is 5.38. The third kappa shape index (κ3) is 4.94. The zero-order chi connectivity index (χ0) is 18.4. The first-order valence-electron chi connectivity index (χ1n) is 9.70. The topological polar surface area (TPSA) is 75.6 Å². The quantitative estimate of drug-likeness (QED) is 0.819. The van der Waals surface area contributed by atoms with Crippen molar-refractivity contribution >= 4 is 11.9 Å². The Morgan fingerprint density at radius 2 is 1.69 bits per heavy atom. The van der Waals surface area contributed by atoms with Gasteiger partial charge < -0.3 is 19.7 Å². The largest absolute Gasteiger partial charge is 0.467 e. The molecule has 2 fully saturated rings. The molecule has 1 N–H and O–H groups in total. The van der Waals surface area contributed by atoms with Crippen molar-refractivity contribution in [3.63, 3.8) is 0 Å². The van der Waals surface area contributed by atoms with Gasteiger partial charge in [-0.2, -0.15) is 15.0 Å². The van der Waals surface area contributed by atoms with E-state index in [2.05, 4.69) is 43.9 Å². The molecule has 0 aliphatic carbocycles. The number of morpholine rings is 1. The van der Waals surface area contributed by atoms with Crippen LogP contribution in [0.5, 0.6) is 6.01 Å². The van der Waals surface area contributed by atoms with Crippen LogP contribution < -0.4 is 15.0 Å². The summed E-state index contributed by atoms with van der Waals surface area (Å²) in [5.41, 5.74) is -0.00753. The Kier molecular flexibility index (Phi) is 6.48. The maximum Gasteiger partial charge on any atom is 0.322 e. The highest BCUT2D eigenvalue weighted by atomic mass is 16.5. The van der Waals surface area contributed by atoms with Gasteiger partial charge in [0.15, 0.2) is 0 Å². The SMILES string of the molecule is COc1nc(NCC(C)(C)N2CCOCC2)nc(N2CCCCCC2)n1. The van der Waals surface area contributed by atoms with Crippen molar-refractivity contribution in [3.05, 3.63) is 0 Å². The average molecular weight is 364 g/mol. The van der Waals surface area contributed by atoms with E-state index in [4.69, 9.17) is 9.47 Å². The molecule has 2 aliphatic rings. The number of hydrogen-bond donors (Lipinski definition) is 1. The summed E-state index contributed by atoms with van der Waals surface area (Å²) in [5, 5.41) is 3.40. The van der Waals surface area contributed by atoms with Crippen molar-refractivity contribution in [2.75, 3.05) is 63.3 Å². The van der Waals surface area contributed by atoms with Crippen LogP contribution >= 0.6 is 0 Å². The third-order valence-corrected chi connectivity index (χ3v) is 5.22. The molecule has 26 heavy (non-hydrogen) atoms. The Morgan fingerprint density at radius 3 is 2.35 bits per heavy atom. The van der Waals surface area contributed by atoms with Crippen molar-refractivity contribution in [3.8, 4) is 6.01 Å². The van der Waals surface area contributed by atoms with E-state index in [1.165, 1.54) is 25.7 Å². The zero-order valence-corrected chi connectivity index (χ0v) is 16.3. The fraction of sp³-hybridized carbons (Fsp3) is 0.833. The Balaban J connectivity index is 1.69. The van der Waals surface area contributed by atoms with Gasteiger partial charge in [-0.25, -0.2) is 0 Å². The van der Waals surface area contributed by atoms with Crippen molar-refractivity contribution in [1.82, 2.24) is 19.9 Å². The monoisotopic (exact) mass is 364 g/mol. The predicted molar refractivity (Wildman–Crippen MR) is 102 cm³/mol. The number of aromatic nitrogens is 3. The third-order valence-electron chi connectivity index (χ3n) is 5.22. The normalized spacial score (nSPS) is 19.9. The van der Waals surface area contributed by atoms with E-state index in [1.54, 1.807) is 7.11 Å². The summed E-state index contributed by atoms with van der Waals surface area (Å²) in [7, 11) is 1.60. The Morgan fingerprint density at radius 1 is 1.00 bits per heavy atom. The summed E-state index contributed by atoms with van der Waals surface area (Å²) in [5.74, 6) is 1.29. The fourth-order valence-corrected chi connectivity index (χ4v) is 3.50. The molecule has 0 radical (unpaired) electrons. The lowest BCUT2D eigenvalue weighted by Crippen LogP contribution is -2.53. The van der Waals surface area contributed by atoms with Crippen LogP contribution in [-0.4, -0.2) is 78.4 Å². The van der Waals surface area contributed by atoms with Gasteiger partial charge in [-0.1, -0.05) is 12.8 Å². The zero-order valence-electron chi connectivity index (χ0n) is 16.3. The van der Waals surface area contributed by atoms with Crippen LogP contribution in [-0.2, 0) is 4.74 Å². The number of hydrogen-bond acceptors (Lipinski definition) is 8. The smallest absolute Gasteiger partial charge is 0.322 e. The minimum Gasteiger partial charge on any atom is -0.467 e. The molecule has 0 saturated carbocycles. The first kappa shape index (κ1) is 19.1. The highest BCUT2D eigenvalue weighted by Gasteiger charge is 2.28. The van der Waals surface area contributed by atoms with Crippen LogP contribution in [0.25, 0.3) is 0 Å². The minimum atomic E-state index is -0.00753. The molecule has 146 valence electrons. The molecule has 0 bridgehead atoms. The van der Waals surface area contributed by atoms with Crippen molar-refractivity contribution in [2.24, 2.45) is 0 Å². The van der Waals surface area contributed by atoms with Crippen LogP contribution in [0, 0.1) is 0 Å². The predicted octanol–water partition coefficient (Wildman–Crippen LogP) is 1.78. The van der Waals surface area contributed by atoms with Gasteiger partial charge in [0.1, 0.15) is 0 Å². The molecule has 8 heteroatoms. The van der Waals surface area contributed by atoms with E-state index in [1.807, 2.05) is 0 Å². The van der Waals surface area contributed by atoms with E-state index in [0.717, 1.165) is 45.9 Å². The molecule has 0 aromatic carbocycles. The number of methoxy groups -OCH3 is 1. The molecule has 2 saturated heterocycles. The van der Waals surface area contributed by atoms with Crippen molar-refractivity contribution in [2.45, 2.75) is 45.1 Å². The van der Waals surface area contributed by atoms with E-state index in [9.17, 15) is 0 Å². The van der Waals surface area contributed by atoms with Crippen molar-refractivity contribution in [1.29, 1.82) is 0 Å². The van der Waals surface area contributed by atoms with Gasteiger partial charge in [0.2, 0.25) is 11.9 Å². The van der Waals surface area contributed by atoms with E-state index in [0.29, 0.717) is 17.9 Å². The van der Waals surface area contributed by atoms with Gasteiger partial charge in [-0.3, -0.25) is 4.90 Å². The molecule has 8 nitrogen and oxygen atoms in total. The molecule has 3 rings (SSSR count). The number of rotatable bonds is 6. The summed E-state index contributed by atoms with van der Waals surface area (Å²) in [4.78, 5) is 18.2. The Bertz CT molecular complexity index is 569. The number of nitrogens with one attached hydrogen (secondary N) is 1. The van der Waals surface area contributed by atoms with Crippen LogP contribution in [0.15, 0.2) is 0 Å². The number of ether oxygens (including phenoxy) is 2. The summed E-state index contributed by atoms with van der Waals surface area (Å²) in [6.07, 6.45) is 4.91. The lowest BCUT2D eigenvalue weighted by atomic mass is 10.0. The molecule has 2 aliphatic heterocycles. The first-order chi connectivity index (χ1) is 12.6. The van der Waals surface area contributed by atoms with Gasteiger partial charge >= 0.3 is 6.01 Å².